The second-order valence-corrected chi connectivity index (χ2v) is 3.55. The summed E-state index contributed by atoms with van der Waals surface area (Å²) in [6.07, 6.45) is 6.73. The first-order chi connectivity index (χ1) is 5.84. The molecule has 0 unspecified atom stereocenters. The highest BCUT2D eigenvalue weighted by molar-refractivity contribution is 5.76. The standard InChI is InChI=1S/C10H19NO/c1-2-7-10(12)11-8-5-3-4-6-9-11/h2-9H2,1H3. The topological polar surface area (TPSA) is 20.3 Å². The molecule has 2 heteroatoms. The van der Waals surface area contributed by atoms with Gasteiger partial charge in [-0.3, -0.25) is 4.79 Å². The van der Waals surface area contributed by atoms with Crippen LogP contribution in [0.3, 0.4) is 0 Å². The van der Waals surface area contributed by atoms with Crippen molar-refractivity contribution < 1.29 is 4.79 Å². The van der Waals surface area contributed by atoms with Gasteiger partial charge >= 0.3 is 0 Å². The molecule has 0 radical (unpaired) electrons. The summed E-state index contributed by atoms with van der Waals surface area (Å²) in [5.74, 6) is 0.361. The SMILES string of the molecule is CCCC(=O)N1CCCCCC1. The van der Waals surface area contributed by atoms with Gasteiger partial charge in [-0.25, -0.2) is 0 Å². The van der Waals surface area contributed by atoms with E-state index in [1.54, 1.807) is 0 Å². The molecule has 1 fully saturated rings. The second kappa shape index (κ2) is 5.18. The quantitative estimate of drug-likeness (QED) is 0.620. The Morgan fingerprint density at radius 3 is 2.25 bits per heavy atom. The van der Waals surface area contributed by atoms with E-state index in [1.165, 1.54) is 25.7 Å². The maximum atomic E-state index is 11.5. The second-order valence-electron chi connectivity index (χ2n) is 3.55. The Balaban J connectivity index is 2.32. The van der Waals surface area contributed by atoms with Crippen LogP contribution in [-0.4, -0.2) is 23.9 Å². The highest BCUT2D eigenvalue weighted by atomic mass is 16.2. The monoisotopic (exact) mass is 169 g/mol. The van der Waals surface area contributed by atoms with E-state index in [2.05, 4.69) is 6.92 Å². The van der Waals surface area contributed by atoms with Gasteiger partial charge in [0.15, 0.2) is 0 Å². The summed E-state index contributed by atoms with van der Waals surface area (Å²) in [7, 11) is 0. The molecular formula is C10H19NO. The van der Waals surface area contributed by atoms with E-state index >= 15 is 0 Å². The lowest BCUT2D eigenvalue weighted by Crippen LogP contribution is -2.31. The highest BCUT2D eigenvalue weighted by Crippen LogP contribution is 2.10. The highest BCUT2D eigenvalue weighted by Gasteiger charge is 2.13. The van der Waals surface area contributed by atoms with Gasteiger partial charge in [-0.15, -0.1) is 0 Å². The Kier molecular flexibility index (Phi) is 4.12. The lowest BCUT2D eigenvalue weighted by atomic mass is 10.2. The molecule has 0 atom stereocenters. The van der Waals surface area contributed by atoms with Crippen molar-refractivity contribution in [3.05, 3.63) is 0 Å². The number of hydrogen-bond donors (Lipinski definition) is 0. The predicted molar refractivity (Wildman–Crippen MR) is 50.0 cm³/mol. The molecule has 2 nitrogen and oxygen atoms in total. The van der Waals surface area contributed by atoms with E-state index in [-0.39, 0.29) is 0 Å². The Hall–Kier alpha value is -0.530. The molecule has 1 aliphatic heterocycles. The van der Waals surface area contributed by atoms with Crippen LogP contribution in [0.25, 0.3) is 0 Å². The third-order valence-electron chi connectivity index (χ3n) is 2.42. The maximum absolute atomic E-state index is 11.5. The van der Waals surface area contributed by atoms with Crippen LogP contribution in [0.4, 0.5) is 0 Å². The van der Waals surface area contributed by atoms with Crippen LogP contribution >= 0.6 is 0 Å². The molecule has 0 aromatic rings. The van der Waals surface area contributed by atoms with Gasteiger partial charge in [0, 0.05) is 19.5 Å². The molecule has 1 rings (SSSR count). The van der Waals surface area contributed by atoms with Crippen molar-refractivity contribution in [2.45, 2.75) is 45.4 Å². The number of rotatable bonds is 2. The van der Waals surface area contributed by atoms with E-state index in [4.69, 9.17) is 0 Å². The van der Waals surface area contributed by atoms with Crippen molar-refractivity contribution in [1.29, 1.82) is 0 Å². The molecule has 12 heavy (non-hydrogen) atoms. The van der Waals surface area contributed by atoms with Crippen LogP contribution in [-0.2, 0) is 4.79 Å². The minimum atomic E-state index is 0.361. The molecule has 1 amide bonds. The van der Waals surface area contributed by atoms with Crippen LogP contribution in [0.2, 0.25) is 0 Å². The number of amides is 1. The maximum Gasteiger partial charge on any atom is 0.222 e. The van der Waals surface area contributed by atoms with Gasteiger partial charge < -0.3 is 4.90 Å². The van der Waals surface area contributed by atoms with Crippen LogP contribution in [0, 0.1) is 0 Å². The lowest BCUT2D eigenvalue weighted by Gasteiger charge is -2.19. The van der Waals surface area contributed by atoms with Crippen molar-refractivity contribution in [3.8, 4) is 0 Å². The third kappa shape index (κ3) is 2.84. The van der Waals surface area contributed by atoms with Gasteiger partial charge in [0.25, 0.3) is 0 Å². The van der Waals surface area contributed by atoms with Gasteiger partial charge in [-0.2, -0.15) is 0 Å². The zero-order valence-electron chi connectivity index (χ0n) is 8.01. The fraction of sp³-hybridized carbons (Fsp3) is 0.900. The van der Waals surface area contributed by atoms with Crippen LogP contribution in [0.1, 0.15) is 45.4 Å². The molecule has 0 aliphatic carbocycles. The van der Waals surface area contributed by atoms with E-state index in [9.17, 15) is 4.79 Å². The Morgan fingerprint density at radius 1 is 1.17 bits per heavy atom. The average Bonchev–Trinajstić information content (AvgIpc) is 2.32. The van der Waals surface area contributed by atoms with Crippen molar-refractivity contribution in [2.75, 3.05) is 13.1 Å². The summed E-state index contributed by atoms with van der Waals surface area (Å²) in [6, 6.07) is 0. The Morgan fingerprint density at radius 2 is 1.75 bits per heavy atom. The van der Waals surface area contributed by atoms with Crippen molar-refractivity contribution >= 4 is 5.91 Å². The van der Waals surface area contributed by atoms with Gasteiger partial charge in [-0.1, -0.05) is 19.8 Å². The van der Waals surface area contributed by atoms with Crippen molar-refractivity contribution in [1.82, 2.24) is 4.90 Å². The van der Waals surface area contributed by atoms with Gasteiger partial charge in [0.2, 0.25) is 5.91 Å². The van der Waals surface area contributed by atoms with Crippen LogP contribution < -0.4 is 0 Å². The molecule has 0 aromatic heterocycles. The first kappa shape index (κ1) is 9.56. The van der Waals surface area contributed by atoms with E-state index in [1.807, 2.05) is 4.90 Å². The lowest BCUT2D eigenvalue weighted by molar-refractivity contribution is -0.131. The minimum absolute atomic E-state index is 0.361. The van der Waals surface area contributed by atoms with E-state index < -0.39 is 0 Å². The van der Waals surface area contributed by atoms with Gasteiger partial charge in [0.1, 0.15) is 0 Å². The predicted octanol–water partition coefficient (Wildman–Crippen LogP) is 2.19. The molecule has 0 spiro atoms. The molecule has 0 saturated carbocycles. The first-order valence-electron chi connectivity index (χ1n) is 5.12. The van der Waals surface area contributed by atoms with Crippen LogP contribution in [0.15, 0.2) is 0 Å². The summed E-state index contributed by atoms with van der Waals surface area (Å²) in [5, 5.41) is 0. The number of carbonyl (C=O) groups is 1. The summed E-state index contributed by atoms with van der Waals surface area (Å²) in [5.41, 5.74) is 0. The van der Waals surface area contributed by atoms with Crippen molar-refractivity contribution in [3.63, 3.8) is 0 Å². The Bertz CT molecular complexity index is 137. The molecule has 1 aliphatic rings. The minimum Gasteiger partial charge on any atom is -0.343 e. The fourth-order valence-electron chi connectivity index (χ4n) is 1.69. The number of likely N-dealkylation sites (tertiary alicyclic amines) is 1. The van der Waals surface area contributed by atoms with E-state index in [0.717, 1.165) is 25.9 Å². The molecule has 70 valence electrons. The molecule has 0 bridgehead atoms. The zero-order chi connectivity index (χ0) is 8.81. The normalized spacial score (nSPS) is 18.9. The molecule has 0 aromatic carbocycles. The summed E-state index contributed by atoms with van der Waals surface area (Å²) >= 11 is 0. The van der Waals surface area contributed by atoms with Gasteiger partial charge in [0.05, 0.1) is 0 Å². The van der Waals surface area contributed by atoms with E-state index in [0.29, 0.717) is 5.91 Å². The average molecular weight is 169 g/mol. The fourth-order valence-corrected chi connectivity index (χ4v) is 1.69. The van der Waals surface area contributed by atoms with Crippen LogP contribution in [0.5, 0.6) is 0 Å². The van der Waals surface area contributed by atoms with Crippen molar-refractivity contribution in [2.24, 2.45) is 0 Å². The number of hydrogen-bond acceptors (Lipinski definition) is 1. The Labute approximate surface area is 74.9 Å². The molecule has 1 heterocycles. The smallest absolute Gasteiger partial charge is 0.222 e. The number of nitrogens with zero attached hydrogens (tertiary/aromatic N) is 1. The largest absolute Gasteiger partial charge is 0.343 e. The number of carbonyl (C=O) groups excluding carboxylic acids is 1. The molecule has 0 N–H and O–H groups in total. The molecular weight excluding hydrogens is 150 g/mol. The molecule has 1 saturated heterocycles. The third-order valence-corrected chi connectivity index (χ3v) is 2.42. The first-order valence-corrected chi connectivity index (χ1v) is 5.12. The van der Waals surface area contributed by atoms with Gasteiger partial charge in [-0.05, 0) is 19.3 Å². The summed E-state index contributed by atoms with van der Waals surface area (Å²) in [6.45, 7) is 4.06. The zero-order valence-corrected chi connectivity index (χ0v) is 8.01. The summed E-state index contributed by atoms with van der Waals surface area (Å²) < 4.78 is 0. The summed E-state index contributed by atoms with van der Waals surface area (Å²) in [4.78, 5) is 13.5.